The van der Waals surface area contributed by atoms with Crippen LogP contribution in [0.5, 0.6) is 17.4 Å². The SMILES string of the molecule is O=C(N=Nc1c(O)n(Cc2cccc3ccccc23)c2ccccc12)/C(=C\c1ccc2c(c1)OCO2)NC(=O)c1ccccc1. The third kappa shape index (κ3) is 5.50. The van der Waals surface area contributed by atoms with Crippen LogP contribution in [0.4, 0.5) is 5.69 Å². The second-order valence-corrected chi connectivity index (χ2v) is 10.4. The van der Waals surface area contributed by atoms with Crippen molar-refractivity contribution < 1.29 is 24.2 Å². The molecule has 5 aromatic carbocycles. The Bertz CT molecular complexity index is 2150. The number of para-hydroxylation sites is 1. The molecule has 9 nitrogen and oxygen atoms in total. The van der Waals surface area contributed by atoms with Crippen LogP contribution in [0.2, 0.25) is 0 Å². The second kappa shape index (κ2) is 11.8. The molecule has 2 amide bonds. The van der Waals surface area contributed by atoms with E-state index in [0.29, 0.717) is 34.6 Å². The topological polar surface area (TPSA) is 115 Å². The summed E-state index contributed by atoms with van der Waals surface area (Å²) in [6.07, 6.45) is 1.49. The Labute approximate surface area is 257 Å². The molecule has 0 bridgehead atoms. The zero-order valence-electron chi connectivity index (χ0n) is 23.9. The number of azo groups is 1. The first-order valence-corrected chi connectivity index (χ1v) is 14.3. The zero-order chi connectivity index (χ0) is 30.8. The number of amides is 2. The van der Waals surface area contributed by atoms with E-state index in [4.69, 9.17) is 9.47 Å². The lowest BCUT2D eigenvalue weighted by Gasteiger charge is -2.10. The number of carbonyl (C=O) groups is 2. The summed E-state index contributed by atoms with van der Waals surface area (Å²) in [5, 5.41) is 25.1. The van der Waals surface area contributed by atoms with Crippen molar-refractivity contribution in [1.82, 2.24) is 9.88 Å². The van der Waals surface area contributed by atoms with Gasteiger partial charge in [-0.25, -0.2) is 0 Å². The molecule has 0 spiro atoms. The minimum absolute atomic E-state index is 0.102. The maximum atomic E-state index is 13.5. The average Bonchev–Trinajstić information content (AvgIpc) is 3.65. The monoisotopic (exact) mass is 594 g/mol. The summed E-state index contributed by atoms with van der Waals surface area (Å²) in [5.74, 6) is -0.308. The Hall–Kier alpha value is -6.22. The van der Waals surface area contributed by atoms with Crippen LogP contribution < -0.4 is 14.8 Å². The molecule has 0 saturated heterocycles. The molecule has 6 aromatic rings. The van der Waals surface area contributed by atoms with Gasteiger partial charge in [0.25, 0.3) is 5.91 Å². The molecular weight excluding hydrogens is 568 g/mol. The third-order valence-corrected chi connectivity index (χ3v) is 7.59. The maximum Gasteiger partial charge on any atom is 0.311 e. The molecular formula is C36H26N4O5. The lowest BCUT2D eigenvalue weighted by atomic mass is 10.0. The van der Waals surface area contributed by atoms with Gasteiger partial charge in [-0.2, -0.15) is 0 Å². The number of carbonyl (C=O) groups excluding carboxylic acids is 2. The number of fused-ring (bicyclic) bond motifs is 3. The van der Waals surface area contributed by atoms with Gasteiger partial charge in [0.1, 0.15) is 5.70 Å². The molecule has 9 heteroatoms. The summed E-state index contributed by atoms with van der Waals surface area (Å²) in [6, 6.07) is 35.2. The normalized spacial score (nSPS) is 12.7. The van der Waals surface area contributed by atoms with Gasteiger partial charge in [0.2, 0.25) is 12.7 Å². The van der Waals surface area contributed by atoms with Gasteiger partial charge in [-0.1, -0.05) is 84.9 Å². The first kappa shape index (κ1) is 27.6. The number of aromatic nitrogens is 1. The summed E-state index contributed by atoms with van der Waals surface area (Å²) < 4.78 is 12.6. The molecule has 220 valence electrons. The van der Waals surface area contributed by atoms with Crippen LogP contribution in [0, 0.1) is 0 Å². The number of hydrogen-bond donors (Lipinski definition) is 2. The van der Waals surface area contributed by atoms with Crippen LogP contribution in [0.25, 0.3) is 27.8 Å². The van der Waals surface area contributed by atoms with Gasteiger partial charge in [-0.05, 0) is 58.3 Å². The highest BCUT2D eigenvalue weighted by Crippen LogP contribution is 2.40. The Kier molecular flexibility index (Phi) is 7.25. The van der Waals surface area contributed by atoms with Gasteiger partial charge >= 0.3 is 5.91 Å². The average molecular weight is 595 g/mol. The molecule has 1 aliphatic heterocycles. The first-order valence-electron chi connectivity index (χ1n) is 14.3. The van der Waals surface area contributed by atoms with E-state index in [0.717, 1.165) is 21.9 Å². The molecule has 2 heterocycles. The van der Waals surface area contributed by atoms with Crippen LogP contribution in [0.15, 0.2) is 131 Å². The Morgan fingerprint density at radius 2 is 1.56 bits per heavy atom. The van der Waals surface area contributed by atoms with Crippen molar-refractivity contribution in [3.05, 3.63) is 138 Å². The van der Waals surface area contributed by atoms with Crippen LogP contribution in [0.1, 0.15) is 21.5 Å². The highest BCUT2D eigenvalue weighted by molar-refractivity contribution is 6.06. The van der Waals surface area contributed by atoms with E-state index in [-0.39, 0.29) is 24.1 Å². The molecule has 0 radical (unpaired) electrons. The molecule has 1 aromatic heterocycles. The molecule has 0 saturated carbocycles. The van der Waals surface area contributed by atoms with Crippen LogP contribution in [-0.4, -0.2) is 28.3 Å². The van der Waals surface area contributed by atoms with Crippen molar-refractivity contribution in [3.8, 4) is 17.4 Å². The number of aromatic hydroxyl groups is 1. The predicted octanol–water partition coefficient (Wildman–Crippen LogP) is 7.36. The zero-order valence-corrected chi connectivity index (χ0v) is 23.9. The summed E-state index contributed by atoms with van der Waals surface area (Å²) in [4.78, 5) is 26.6. The van der Waals surface area contributed by atoms with Crippen molar-refractivity contribution in [2.75, 3.05) is 6.79 Å². The smallest absolute Gasteiger partial charge is 0.311 e. The van der Waals surface area contributed by atoms with Gasteiger partial charge in [0.05, 0.1) is 12.1 Å². The van der Waals surface area contributed by atoms with Crippen molar-refractivity contribution in [2.45, 2.75) is 6.54 Å². The van der Waals surface area contributed by atoms with Crippen molar-refractivity contribution >= 4 is 45.3 Å². The quantitative estimate of drug-likeness (QED) is 0.148. The fraction of sp³-hybridized carbons (Fsp3) is 0.0556. The number of hydrogen-bond acceptors (Lipinski definition) is 6. The summed E-state index contributed by atoms with van der Waals surface area (Å²) in [7, 11) is 0. The molecule has 1 aliphatic rings. The molecule has 0 unspecified atom stereocenters. The fourth-order valence-corrected chi connectivity index (χ4v) is 5.39. The lowest BCUT2D eigenvalue weighted by molar-refractivity contribution is -0.115. The number of nitrogens with zero attached hydrogens (tertiary/aromatic N) is 3. The Morgan fingerprint density at radius 3 is 2.42 bits per heavy atom. The summed E-state index contributed by atoms with van der Waals surface area (Å²) >= 11 is 0. The molecule has 0 atom stereocenters. The van der Waals surface area contributed by atoms with E-state index in [1.807, 2.05) is 66.7 Å². The summed E-state index contributed by atoms with van der Waals surface area (Å²) in [6.45, 7) is 0.477. The third-order valence-electron chi connectivity index (χ3n) is 7.59. The highest BCUT2D eigenvalue weighted by Gasteiger charge is 2.20. The molecule has 45 heavy (non-hydrogen) atoms. The van der Waals surface area contributed by atoms with E-state index in [1.165, 1.54) is 6.08 Å². The van der Waals surface area contributed by atoms with E-state index >= 15 is 0 Å². The highest BCUT2D eigenvalue weighted by atomic mass is 16.7. The molecule has 7 rings (SSSR count). The number of rotatable bonds is 7. The van der Waals surface area contributed by atoms with Gasteiger partial charge in [-0.15, -0.1) is 10.2 Å². The van der Waals surface area contributed by atoms with E-state index in [2.05, 4.69) is 15.5 Å². The lowest BCUT2D eigenvalue weighted by Crippen LogP contribution is -2.26. The molecule has 0 aliphatic carbocycles. The van der Waals surface area contributed by atoms with Crippen LogP contribution in [-0.2, 0) is 11.3 Å². The fourth-order valence-electron chi connectivity index (χ4n) is 5.39. The standard InChI is InChI=1S/C36H26N4O5/c41-34(25-10-2-1-3-11-25)37-29(19-23-17-18-31-32(20-23)45-22-44-31)35(42)39-38-33-28-15-6-7-16-30(28)40(36(33)43)21-26-13-8-12-24-9-4-5-14-27(24)26/h1-20,43H,21-22H2,(H,37,41)/b29-19+,39-38?. The van der Waals surface area contributed by atoms with Crippen LogP contribution >= 0.6 is 0 Å². The first-order chi connectivity index (χ1) is 22.0. The van der Waals surface area contributed by atoms with Gasteiger partial charge in [-0.3, -0.25) is 9.59 Å². The second-order valence-electron chi connectivity index (χ2n) is 10.4. The largest absolute Gasteiger partial charge is 0.493 e. The molecule has 0 fully saturated rings. The van der Waals surface area contributed by atoms with Crippen LogP contribution in [0.3, 0.4) is 0 Å². The Morgan fingerprint density at radius 1 is 0.822 bits per heavy atom. The van der Waals surface area contributed by atoms with Gasteiger partial charge in [0, 0.05) is 10.9 Å². The minimum atomic E-state index is -0.803. The van der Waals surface area contributed by atoms with E-state index in [1.54, 1.807) is 53.1 Å². The van der Waals surface area contributed by atoms with Crippen molar-refractivity contribution in [2.24, 2.45) is 10.2 Å². The predicted molar refractivity (Wildman–Crippen MR) is 171 cm³/mol. The Balaban J connectivity index is 1.24. The van der Waals surface area contributed by atoms with Gasteiger partial charge in [0.15, 0.2) is 17.2 Å². The number of ether oxygens (including phenoxy) is 2. The summed E-state index contributed by atoms with van der Waals surface area (Å²) in [5.41, 5.74) is 2.74. The van der Waals surface area contributed by atoms with E-state index in [9.17, 15) is 14.7 Å². The minimum Gasteiger partial charge on any atom is -0.493 e. The van der Waals surface area contributed by atoms with Gasteiger partial charge < -0.3 is 24.5 Å². The van der Waals surface area contributed by atoms with Crippen molar-refractivity contribution in [1.29, 1.82) is 0 Å². The number of nitrogens with one attached hydrogen (secondary N) is 1. The number of benzene rings is 5. The maximum absolute atomic E-state index is 13.5. The molecule has 2 N–H and O–H groups in total. The van der Waals surface area contributed by atoms with Crippen molar-refractivity contribution in [3.63, 3.8) is 0 Å². The van der Waals surface area contributed by atoms with E-state index < -0.39 is 11.8 Å².